The molecule has 0 bridgehead atoms. The average molecular weight is 276 g/mol. The molecule has 1 aromatic heterocycles. The van der Waals surface area contributed by atoms with E-state index in [2.05, 4.69) is 4.98 Å². The zero-order valence-electron chi connectivity index (χ0n) is 11.7. The first-order chi connectivity index (χ1) is 9.79. The second-order valence-electron chi connectivity index (χ2n) is 5.32. The van der Waals surface area contributed by atoms with Gasteiger partial charge >= 0.3 is 0 Å². The quantitative estimate of drug-likeness (QED) is 0.827. The number of ether oxygens (including phenoxy) is 2. The third-order valence-corrected chi connectivity index (χ3v) is 4.14. The largest absolute Gasteiger partial charge is 0.481 e. The highest BCUT2D eigenvalue weighted by atomic mass is 16.5. The van der Waals surface area contributed by atoms with Crippen molar-refractivity contribution in [2.24, 2.45) is 0 Å². The lowest BCUT2D eigenvalue weighted by molar-refractivity contribution is -0.0754. The number of carbonyl (C=O) groups excluding carboxylic acids is 1. The number of nitrogens with zero attached hydrogens (tertiary/aromatic N) is 2. The fourth-order valence-electron chi connectivity index (χ4n) is 3.14. The summed E-state index contributed by atoms with van der Waals surface area (Å²) >= 11 is 0. The minimum Gasteiger partial charge on any atom is -0.481 e. The summed E-state index contributed by atoms with van der Waals surface area (Å²) < 4.78 is 10.9. The van der Waals surface area contributed by atoms with E-state index in [1.165, 1.54) is 12.8 Å². The summed E-state index contributed by atoms with van der Waals surface area (Å²) in [6.45, 7) is 1.27. The SMILES string of the molecule is COc1cccc(C(=O)N2CCO[C@@H]3CCCC[C@H]32)n1. The molecular weight excluding hydrogens is 256 g/mol. The molecule has 2 atom stereocenters. The Morgan fingerprint density at radius 2 is 2.25 bits per heavy atom. The standard InChI is InChI=1S/C15H20N2O3/c1-19-14-8-4-5-11(16-14)15(18)17-9-10-20-13-7-3-2-6-12(13)17/h4-5,8,12-13H,2-3,6-7,9-10H2,1H3/t12-,13-/m1/s1. The molecule has 5 nitrogen and oxygen atoms in total. The maximum absolute atomic E-state index is 12.7. The van der Waals surface area contributed by atoms with Crippen LogP contribution in [0.4, 0.5) is 0 Å². The lowest BCUT2D eigenvalue weighted by atomic mass is 9.90. The number of aromatic nitrogens is 1. The Kier molecular flexibility index (Phi) is 3.87. The minimum absolute atomic E-state index is 0.0101. The first-order valence-corrected chi connectivity index (χ1v) is 7.23. The lowest BCUT2D eigenvalue weighted by Crippen LogP contribution is -2.54. The molecule has 1 saturated carbocycles. The predicted octanol–water partition coefficient (Wildman–Crippen LogP) is 1.87. The summed E-state index contributed by atoms with van der Waals surface area (Å²) in [6, 6.07) is 5.51. The second-order valence-corrected chi connectivity index (χ2v) is 5.32. The van der Waals surface area contributed by atoms with Gasteiger partial charge in [0.25, 0.3) is 5.91 Å². The minimum atomic E-state index is -0.0101. The summed E-state index contributed by atoms with van der Waals surface area (Å²) in [5.74, 6) is 0.466. The molecule has 1 aliphatic carbocycles. The molecule has 3 rings (SSSR count). The summed E-state index contributed by atoms with van der Waals surface area (Å²) in [6.07, 6.45) is 4.65. The topological polar surface area (TPSA) is 51.7 Å². The van der Waals surface area contributed by atoms with Crippen LogP contribution in [-0.2, 0) is 4.74 Å². The van der Waals surface area contributed by atoms with E-state index >= 15 is 0 Å². The maximum Gasteiger partial charge on any atom is 0.273 e. The number of rotatable bonds is 2. The Bertz CT molecular complexity index is 490. The van der Waals surface area contributed by atoms with Crippen LogP contribution in [0.25, 0.3) is 0 Å². The monoisotopic (exact) mass is 276 g/mol. The van der Waals surface area contributed by atoms with Crippen LogP contribution in [0.2, 0.25) is 0 Å². The van der Waals surface area contributed by atoms with Crippen LogP contribution >= 0.6 is 0 Å². The molecule has 1 saturated heterocycles. The summed E-state index contributed by atoms with van der Waals surface area (Å²) in [5, 5.41) is 0. The van der Waals surface area contributed by atoms with Crippen molar-refractivity contribution in [2.75, 3.05) is 20.3 Å². The van der Waals surface area contributed by atoms with Crippen molar-refractivity contribution in [1.82, 2.24) is 9.88 Å². The zero-order valence-corrected chi connectivity index (χ0v) is 11.7. The third-order valence-electron chi connectivity index (χ3n) is 4.14. The van der Waals surface area contributed by atoms with Gasteiger partial charge in [-0.2, -0.15) is 0 Å². The van der Waals surface area contributed by atoms with E-state index < -0.39 is 0 Å². The molecule has 0 N–H and O–H groups in total. The molecule has 2 heterocycles. The van der Waals surface area contributed by atoms with Crippen LogP contribution < -0.4 is 4.74 Å². The zero-order chi connectivity index (χ0) is 13.9. The number of methoxy groups -OCH3 is 1. The highest BCUT2D eigenvalue weighted by Crippen LogP contribution is 2.29. The summed E-state index contributed by atoms with van der Waals surface area (Å²) in [7, 11) is 1.56. The van der Waals surface area contributed by atoms with Crippen molar-refractivity contribution in [3.8, 4) is 5.88 Å². The van der Waals surface area contributed by atoms with Gasteiger partial charge < -0.3 is 14.4 Å². The number of morpholine rings is 1. The van der Waals surface area contributed by atoms with E-state index in [1.54, 1.807) is 25.3 Å². The normalized spacial score (nSPS) is 25.9. The number of amides is 1. The molecule has 1 aromatic rings. The van der Waals surface area contributed by atoms with Crippen molar-refractivity contribution in [3.05, 3.63) is 23.9 Å². The van der Waals surface area contributed by atoms with Crippen LogP contribution in [0.5, 0.6) is 5.88 Å². The molecule has 20 heavy (non-hydrogen) atoms. The molecule has 1 aliphatic heterocycles. The fourth-order valence-corrected chi connectivity index (χ4v) is 3.14. The highest BCUT2D eigenvalue weighted by molar-refractivity contribution is 5.92. The van der Waals surface area contributed by atoms with Crippen LogP contribution in [-0.4, -0.2) is 48.2 Å². The number of hydrogen-bond acceptors (Lipinski definition) is 4. The Morgan fingerprint density at radius 1 is 1.40 bits per heavy atom. The number of carbonyl (C=O) groups is 1. The lowest BCUT2D eigenvalue weighted by Gasteiger charge is -2.43. The van der Waals surface area contributed by atoms with Gasteiger partial charge in [-0.15, -0.1) is 0 Å². The van der Waals surface area contributed by atoms with Crippen LogP contribution in [0.1, 0.15) is 36.2 Å². The molecule has 0 spiro atoms. The van der Waals surface area contributed by atoms with Crippen molar-refractivity contribution >= 4 is 5.91 Å². The van der Waals surface area contributed by atoms with Gasteiger partial charge in [0, 0.05) is 12.6 Å². The molecule has 0 radical (unpaired) electrons. The van der Waals surface area contributed by atoms with E-state index in [1.807, 2.05) is 4.90 Å². The van der Waals surface area contributed by atoms with Gasteiger partial charge in [-0.25, -0.2) is 4.98 Å². The molecule has 108 valence electrons. The predicted molar refractivity (Wildman–Crippen MR) is 73.8 cm³/mol. The molecule has 1 amide bonds. The highest BCUT2D eigenvalue weighted by Gasteiger charge is 2.37. The van der Waals surface area contributed by atoms with Crippen molar-refractivity contribution in [2.45, 2.75) is 37.8 Å². The molecule has 0 aromatic carbocycles. The van der Waals surface area contributed by atoms with Gasteiger partial charge in [0.15, 0.2) is 0 Å². The average Bonchev–Trinajstić information content (AvgIpc) is 2.53. The van der Waals surface area contributed by atoms with Gasteiger partial charge in [-0.05, 0) is 18.9 Å². The Morgan fingerprint density at radius 3 is 3.10 bits per heavy atom. The second kappa shape index (κ2) is 5.79. The Hall–Kier alpha value is -1.62. The Labute approximate surface area is 118 Å². The first-order valence-electron chi connectivity index (χ1n) is 7.23. The van der Waals surface area contributed by atoms with Crippen molar-refractivity contribution < 1.29 is 14.3 Å². The van der Waals surface area contributed by atoms with Gasteiger partial charge in [0.1, 0.15) is 5.69 Å². The van der Waals surface area contributed by atoms with E-state index in [9.17, 15) is 4.79 Å². The number of hydrogen-bond donors (Lipinski definition) is 0. The molecule has 0 unspecified atom stereocenters. The molecular formula is C15H20N2O3. The van der Waals surface area contributed by atoms with E-state index in [0.717, 1.165) is 12.8 Å². The van der Waals surface area contributed by atoms with E-state index in [0.29, 0.717) is 24.7 Å². The van der Waals surface area contributed by atoms with Crippen LogP contribution in [0.3, 0.4) is 0 Å². The number of pyridine rings is 1. The Balaban J connectivity index is 1.81. The summed E-state index contributed by atoms with van der Waals surface area (Å²) in [5.41, 5.74) is 0.454. The van der Waals surface area contributed by atoms with Crippen molar-refractivity contribution in [1.29, 1.82) is 0 Å². The number of fused-ring (bicyclic) bond motifs is 1. The van der Waals surface area contributed by atoms with E-state index in [-0.39, 0.29) is 18.1 Å². The van der Waals surface area contributed by atoms with Gasteiger partial charge in [0.05, 0.1) is 25.9 Å². The molecule has 2 aliphatic rings. The maximum atomic E-state index is 12.7. The van der Waals surface area contributed by atoms with Crippen LogP contribution in [0, 0.1) is 0 Å². The molecule has 2 fully saturated rings. The van der Waals surface area contributed by atoms with Gasteiger partial charge in [-0.1, -0.05) is 18.9 Å². The summed E-state index contributed by atoms with van der Waals surface area (Å²) in [4.78, 5) is 18.9. The molecule has 5 heteroatoms. The van der Waals surface area contributed by atoms with E-state index in [4.69, 9.17) is 9.47 Å². The van der Waals surface area contributed by atoms with Crippen molar-refractivity contribution in [3.63, 3.8) is 0 Å². The van der Waals surface area contributed by atoms with Gasteiger partial charge in [-0.3, -0.25) is 4.79 Å². The van der Waals surface area contributed by atoms with Gasteiger partial charge in [0.2, 0.25) is 5.88 Å². The third kappa shape index (κ3) is 2.50. The fraction of sp³-hybridized carbons (Fsp3) is 0.600. The first kappa shape index (κ1) is 13.4. The smallest absolute Gasteiger partial charge is 0.273 e. The van der Waals surface area contributed by atoms with Crippen LogP contribution in [0.15, 0.2) is 18.2 Å².